The average molecular weight is 491 g/mol. The van der Waals surface area contributed by atoms with Crippen LogP contribution in [-0.4, -0.2) is 39.1 Å². The number of nitrogens with one attached hydrogen (secondary N) is 1. The Balaban J connectivity index is 1.38. The van der Waals surface area contributed by atoms with Crippen LogP contribution in [0.4, 0.5) is 10.1 Å². The highest BCUT2D eigenvalue weighted by atomic mass is 32.2. The third-order valence-corrected chi connectivity index (χ3v) is 6.56. The van der Waals surface area contributed by atoms with Crippen LogP contribution in [0.3, 0.4) is 0 Å². The summed E-state index contributed by atoms with van der Waals surface area (Å²) in [6.45, 7) is 3.21. The van der Waals surface area contributed by atoms with Gasteiger partial charge in [0, 0.05) is 11.8 Å². The minimum absolute atomic E-state index is 0.201. The Morgan fingerprint density at radius 2 is 1.77 bits per heavy atom. The van der Waals surface area contributed by atoms with Crippen molar-refractivity contribution in [2.24, 2.45) is 0 Å². The van der Waals surface area contributed by atoms with E-state index >= 15 is 0 Å². The summed E-state index contributed by atoms with van der Waals surface area (Å²) in [6, 6.07) is 21.6. The number of carbonyl (C=O) groups excluding carboxylic acids is 1. The van der Waals surface area contributed by atoms with Gasteiger partial charge in [0.05, 0.1) is 17.4 Å². The molecule has 1 atom stereocenters. The van der Waals surface area contributed by atoms with Crippen LogP contribution in [-0.2, 0) is 11.3 Å². The van der Waals surface area contributed by atoms with Gasteiger partial charge in [-0.2, -0.15) is 0 Å². The van der Waals surface area contributed by atoms with E-state index in [4.69, 9.17) is 9.47 Å². The Morgan fingerprint density at radius 1 is 1.03 bits per heavy atom. The smallest absolute Gasteiger partial charge is 0.237 e. The van der Waals surface area contributed by atoms with Crippen molar-refractivity contribution in [2.75, 3.05) is 18.5 Å². The third kappa shape index (κ3) is 5.14. The Hall–Kier alpha value is -3.85. The number of hydrogen-bond donors (Lipinski definition) is 1. The molecule has 0 spiro atoms. The number of hydrogen-bond acceptors (Lipinski definition) is 6. The van der Waals surface area contributed by atoms with Gasteiger partial charge in [0.1, 0.15) is 19.0 Å². The number of fused-ring (bicyclic) bond motifs is 1. The molecule has 0 saturated carbocycles. The average Bonchev–Trinajstić information content (AvgIpc) is 3.26. The van der Waals surface area contributed by atoms with Gasteiger partial charge >= 0.3 is 0 Å². The highest BCUT2D eigenvalue weighted by molar-refractivity contribution is 8.00. The zero-order chi connectivity index (χ0) is 24.2. The molecule has 0 radical (unpaired) electrons. The maximum Gasteiger partial charge on any atom is 0.237 e. The Labute approximate surface area is 206 Å². The van der Waals surface area contributed by atoms with Crippen molar-refractivity contribution in [3.8, 4) is 22.9 Å². The summed E-state index contributed by atoms with van der Waals surface area (Å²) < 4.78 is 27.6. The van der Waals surface area contributed by atoms with E-state index in [0.29, 0.717) is 53.5 Å². The minimum Gasteiger partial charge on any atom is -0.486 e. The maximum absolute atomic E-state index is 14.6. The first-order chi connectivity index (χ1) is 17.1. The Bertz CT molecular complexity index is 1350. The van der Waals surface area contributed by atoms with E-state index in [0.717, 1.165) is 5.56 Å². The van der Waals surface area contributed by atoms with Gasteiger partial charge in [-0.05, 0) is 36.8 Å². The molecule has 9 heteroatoms. The predicted molar refractivity (Wildman–Crippen MR) is 132 cm³/mol. The van der Waals surface area contributed by atoms with E-state index in [1.54, 1.807) is 43.3 Å². The molecule has 3 aromatic carbocycles. The maximum atomic E-state index is 14.6. The molecule has 2 heterocycles. The summed E-state index contributed by atoms with van der Waals surface area (Å²) in [6.07, 6.45) is 0. The Kier molecular flexibility index (Phi) is 6.67. The summed E-state index contributed by atoms with van der Waals surface area (Å²) in [4.78, 5) is 13.0. The largest absolute Gasteiger partial charge is 0.486 e. The monoisotopic (exact) mass is 490 g/mol. The van der Waals surface area contributed by atoms with Crippen LogP contribution in [0.15, 0.2) is 78.0 Å². The molecule has 0 bridgehead atoms. The quantitative estimate of drug-likeness (QED) is 0.367. The number of thioether (sulfide) groups is 1. The number of halogens is 1. The van der Waals surface area contributed by atoms with E-state index in [-0.39, 0.29) is 11.7 Å². The van der Waals surface area contributed by atoms with Crippen LogP contribution in [0.5, 0.6) is 11.5 Å². The van der Waals surface area contributed by atoms with Gasteiger partial charge in [-0.3, -0.25) is 9.36 Å². The summed E-state index contributed by atoms with van der Waals surface area (Å²) in [5, 5.41) is 11.5. The van der Waals surface area contributed by atoms with Crippen LogP contribution >= 0.6 is 11.8 Å². The van der Waals surface area contributed by atoms with Gasteiger partial charge in [0.25, 0.3) is 0 Å². The first kappa shape index (κ1) is 22.9. The summed E-state index contributed by atoms with van der Waals surface area (Å²) in [7, 11) is 0. The van der Waals surface area contributed by atoms with Crippen molar-refractivity contribution in [2.45, 2.75) is 23.9 Å². The number of anilines is 1. The SMILES string of the molecule is C[C@@H](Sc1nnc(-c2ccccc2F)n1Cc1ccccc1)C(=O)Nc1ccc2c(c1)OCCO2. The molecule has 1 aliphatic heterocycles. The van der Waals surface area contributed by atoms with Crippen LogP contribution in [0.1, 0.15) is 12.5 Å². The molecule has 178 valence electrons. The molecule has 1 N–H and O–H groups in total. The molecule has 1 amide bonds. The van der Waals surface area contributed by atoms with Gasteiger partial charge in [-0.1, -0.05) is 54.2 Å². The fourth-order valence-corrected chi connectivity index (χ4v) is 4.55. The first-order valence-corrected chi connectivity index (χ1v) is 12.1. The lowest BCUT2D eigenvalue weighted by atomic mass is 10.2. The zero-order valence-electron chi connectivity index (χ0n) is 19.0. The Morgan fingerprint density at radius 3 is 2.57 bits per heavy atom. The predicted octanol–water partition coefficient (Wildman–Crippen LogP) is 5.02. The van der Waals surface area contributed by atoms with Crippen molar-refractivity contribution >= 4 is 23.4 Å². The lowest BCUT2D eigenvalue weighted by Gasteiger charge is -2.19. The molecule has 4 aromatic rings. The summed E-state index contributed by atoms with van der Waals surface area (Å²) in [5.41, 5.74) is 1.99. The first-order valence-electron chi connectivity index (χ1n) is 11.2. The summed E-state index contributed by atoms with van der Waals surface area (Å²) in [5.74, 6) is 1.09. The number of benzene rings is 3. The van der Waals surface area contributed by atoms with E-state index < -0.39 is 5.25 Å². The van der Waals surface area contributed by atoms with Gasteiger partial charge in [-0.15, -0.1) is 10.2 Å². The van der Waals surface area contributed by atoms with E-state index in [1.165, 1.54) is 17.8 Å². The van der Waals surface area contributed by atoms with E-state index in [9.17, 15) is 9.18 Å². The second-order valence-electron chi connectivity index (χ2n) is 7.97. The van der Waals surface area contributed by atoms with Crippen LogP contribution in [0.25, 0.3) is 11.4 Å². The van der Waals surface area contributed by atoms with Crippen molar-refractivity contribution in [1.82, 2.24) is 14.8 Å². The molecular formula is C26H23FN4O3S. The van der Waals surface area contributed by atoms with Crippen LogP contribution < -0.4 is 14.8 Å². The molecule has 5 rings (SSSR count). The fraction of sp³-hybridized carbons (Fsp3) is 0.192. The van der Waals surface area contributed by atoms with Crippen molar-refractivity contribution in [3.05, 3.63) is 84.2 Å². The van der Waals surface area contributed by atoms with E-state index in [2.05, 4.69) is 15.5 Å². The normalized spacial score (nSPS) is 13.3. The second-order valence-corrected chi connectivity index (χ2v) is 9.27. The van der Waals surface area contributed by atoms with Gasteiger partial charge in [0.15, 0.2) is 22.5 Å². The van der Waals surface area contributed by atoms with Gasteiger partial charge < -0.3 is 14.8 Å². The molecule has 0 aliphatic carbocycles. The number of rotatable bonds is 7. The lowest BCUT2D eigenvalue weighted by molar-refractivity contribution is -0.115. The molecule has 0 fully saturated rings. The number of carbonyl (C=O) groups is 1. The van der Waals surface area contributed by atoms with Crippen LogP contribution in [0, 0.1) is 5.82 Å². The lowest BCUT2D eigenvalue weighted by Crippen LogP contribution is -2.23. The number of nitrogens with zero attached hydrogens (tertiary/aromatic N) is 3. The second kappa shape index (κ2) is 10.2. The molecule has 35 heavy (non-hydrogen) atoms. The fourth-order valence-electron chi connectivity index (χ4n) is 3.70. The van der Waals surface area contributed by atoms with Gasteiger partial charge in [-0.25, -0.2) is 4.39 Å². The molecule has 7 nitrogen and oxygen atoms in total. The molecule has 1 aliphatic rings. The highest BCUT2D eigenvalue weighted by Crippen LogP contribution is 2.33. The highest BCUT2D eigenvalue weighted by Gasteiger charge is 2.23. The third-order valence-electron chi connectivity index (χ3n) is 5.48. The zero-order valence-corrected chi connectivity index (χ0v) is 19.8. The number of amides is 1. The molecular weight excluding hydrogens is 467 g/mol. The number of aromatic nitrogens is 3. The van der Waals surface area contributed by atoms with Crippen molar-refractivity contribution < 1.29 is 18.7 Å². The molecule has 1 aromatic heterocycles. The van der Waals surface area contributed by atoms with Gasteiger partial charge in [0.2, 0.25) is 5.91 Å². The standard InChI is InChI=1S/C26H23FN4O3S/c1-17(25(32)28-19-11-12-22-23(15-19)34-14-13-33-22)35-26-30-29-24(20-9-5-6-10-21(20)27)31(26)16-18-7-3-2-4-8-18/h2-12,15,17H,13-14,16H2,1H3,(H,28,32)/t17-/m1/s1. The minimum atomic E-state index is -0.490. The molecule has 0 unspecified atom stereocenters. The van der Waals surface area contributed by atoms with Crippen molar-refractivity contribution in [3.63, 3.8) is 0 Å². The van der Waals surface area contributed by atoms with Crippen molar-refractivity contribution in [1.29, 1.82) is 0 Å². The number of ether oxygens (including phenoxy) is 2. The molecule has 0 saturated heterocycles. The van der Waals surface area contributed by atoms with E-state index in [1.807, 2.05) is 34.9 Å². The van der Waals surface area contributed by atoms with Crippen LogP contribution in [0.2, 0.25) is 0 Å². The summed E-state index contributed by atoms with van der Waals surface area (Å²) >= 11 is 1.27. The topological polar surface area (TPSA) is 78.3 Å².